The lowest BCUT2D eigenvalue weighted by atomic mass is 10.0. The van der Waals surface area contributed by atoms with Gasteiger partial charge in [0, 0.05) is 42.3 Å². The maximum Gasteiger partial charge on any atom is 0.128 e. The molecule has 6 nitrogen and oxygen atoms in total. The van der Waals surface area contributed by atoms with Crippen LogP contribution in [0.5, 0.6) is 5.75 Å². The fraction of sp³-hybridized carbons (Fsp3) is 0.462. The Hall–Kier alpha value is -2.70. The molecule has 0 radical (unpaired) electrons. The molecule has 2 aromatic carbocycles. The van der Waals surface area contributed by atoms with Gasteiger partial charge in [0.05, 0.1) is 26.0 Å². The summed E-state index contributed by atoms with van der Waals surface area (Å²) in [6.45, 7) is 6.92. The van der Waals surface area contributed by atoms with Crippen molar-refractivity contribution in [2.75, 3.05) is 57.9 Å². The molecule has 0 unspecified atom stereocenters. The molecule has 0 amide bonds. The van der Waals surface area contributed by atoms with Crippen molar-refractivity contribution in [3.8, 4) is 17.0 Å². The Bertz CT molecular complexity index is 1060. The highest BCUT2D eigenvalue weighted by atomic mass is 16.5. The first-order valence-corrected chi connectivity index (χ1v) is 11.8. The zero-order chi connectivity index (χ0) is 21.8. The fourth-order valence-corrected chi connectivity index (χ4v) is 4.81. The zero-order valence-electron chi connectivity index (χ0n) is 18.9. The van der Waals surface area contributed by atoms with E-state index in [1.807, 2.05) is 18.3 Å². The number of hydrogen-bond acceptors (Lipinski definition) is 6. The Morgan fingerprint density at radius 3 is 2.66 bits per heavy atom. The third-order valence-corrected chi connectivity index (χ3v) is 6.57. The van der Waals surface area contributed by atoms with Crippen LogP contribution in [0.3, 0.4) is 0 Å². The van der Waals surface area contributed by atoms with E-state index in [2.05, 4.69) is 39.0 Å². The summed E-state index contributed by atoms with van der Waals surface area (Å²) in [4.78, 5) is 14.5. The fourth-order valence-electron chi connectivity index (χ4n) is 4.81. The topological polar surface area (TPSA) is 50.7 Å². The second-order valence-electron chi connectivity index (χ2n) is 8.69. The molecule has 32 heavy (non-hydrogen) atoms. The van der Waals surface area contributed by atoms with Crippen LogP contribution in [0.2, 0.25) is 0 Å². The van der Waals surface area contributed by atoms with Gasteiger partial charge < -0.3 is 19.3 Å². The summed E-state index contributed by atoms with van der Waals surface area (Å²) in [6, 6.07) is 12.8. The van der Waals surface area contributed by atoms with E-state index in [0.29, 0.717) is 0 Å². The quantitative estimate of drug-likeness (QED) is 0.559. The van der Waals surface area contributed by atoms with Crippen LogP contribution < -0.4 is 9.64 Å². The molecule has 0 aliphatic carbocycles. The van der Waals surface area contributed by atoms with E-state index in [1.54, 1.807) is 7.11 Å². The second-order valence-corrected chi connectivity index (χ2v) is 8.69. The summed E-state index contributed by atoms with van der Waals surface area (Å²) in [6.07, 6.45) is 6.61. The normalized spacial score (nSPS) is 17.2. The van der Waals surface area contributed by atoms with Gasteiger partial charge in [-0.3, -0.25) is 0 Å². The predicted molar refractivity (Wildman–Crippen MR) is 129 cm³/mol. The van der Waals surface area contributed by atoms with Crippen LogP contribution in [0.15, 0.2) is 42.6 Å². The molecule has 0 N–H and O–H groups in total. The minimum Gasteiger partial charge on any atom is -0.497 e. The van der Waals surface area contributed by atoms with E-state index >= 15 is 0 Å². The van der Waals surface area contributed by atoms with E-state index in [9.17, 15) is 0 Å². The Kier molecular flexibility index (Phi) is 6.51. The number of aryl methyl sites for hydroxylation is 1. The minimum absolute atomic E-state index is 0.754. The van der Waals surface area contributed by atoms with Gasteiger partial charge in [-0.15, -0.1) is 0 Å². The van der Waals surface area contributed by atoms with Crippen molar-refractivity contribution in [1.82, 2.24) is 14.9 Å². The average Bonchev–Trinajstić information content (AvgIpc) is 3.37. The molecule has 0 spiro atoms. The van der Waals surface area contributed by atoms with Gasteiger partial charge in [-0.1, -0.05) is 6.07 Å². The summed E-state index contributed by atoms with van der Waals surface area (Å²) < 4.78 is 11.1. The van der Waals surface area contributed by atoms with Crippen molar-refractivity contribution < 1.29 is 9.47 Å². The highest BCUT2D eigenvalue weighted by Gasteiger charge is 2.17. The Labute approximate surface area is 190 Å². The van der Waals surface area contributed by atoms with E-state index < -0.39 is 0 Å². The Morgan fingerprint density at radius 1 is 1.00 bits per heavy atom. The molecule has 2 fully saturated rings. The Balaban J connectivity index is 1.44. The molecular formula is C26H32N4O2. The maximum absolute atomic E-state index is 5.59. The van der Waals surface area contributed by atoms with E-state index in [0.717, 1.165) is 68.5 Å². The monoisotopic (exact) mass is 432 g/mol. The summed E-state index contributed by atoms with van der Waals surface area (Å²) in [5.74, 6) is 1.81. The standard InChI is InChI=1S/C26H32N4O2/c1-31-22-7-6-20-17-21(18-25(23(20)19-22)30-13-15-32-16-14-30)24-8-9-27-26(28-24)5-4-12-29-10-2-3-11-29/h6-9,17-19H,2-5,10-16H2,1H3. The number of hydrogen-bond donors (Lipinski definition) is 0. The van der Waals surface area contributed by atoms with Gasteiger partial charge in [0.15, 0.2) is 0 Å². The molecule has 6 heteroatoms. The molecule has 3 aromatic rings. The first-order chi connectivity index (χ1) is 15.8. The lowest BCUT2D eigenvalue weighted by molar-refractivity contribution is 0.123. The third-order valence-electron chi connectivity index (χ3n) is 6.57. The number of nitrogens with zero attached hydrogens (tertiary/aromatic N) is 4. The predicted octanol–water partition coefficient (Wildman–Crippen LogP) is 4.17. The van der Waals surface area contributed by atoms with Gasteiger partial charge in [0.2, 0.25) is 0 Å². The number of morpholine rings is 1. The van der Waals surface area contributed by atoms with Crippen molar-refractivity contribution in [1.29, 1.82) is 0 Å². The zero-order valence-corrected chi connectivity index (χ0v) is 18.9. The Morgan fingerprint density at radius 2 is 1.84 bits per heavy atom. The van der Waals surface area contributed by atoms with Crippen LogP contribution in [-0.2, 0) is 11.2 Å². The van der Waals surface area contributed by atoms with Gasteiger partial charge in [0.1, 0.15) is 11.6 Å². The van der Waals surface area contributed by atoms with Crippen molar-refractivity contribution >= 4 is 16.5 Å². The molecule has 2 saturated heterocycles. The SMILES string of the molecule is COc1ccc2cc(-c3ccnc(CCCN4CCCC4)n3)cc(N3CCOCC3)c2c1. The van der Waals surface area contributed by atoms with Crippen LogP contribution in [0.1, 0.15) is 25.1 Å². The number of rotatable bonds is 7. The van der Waals surface area contributed by atoms with Gasteiger partial charge in [-0.05, 0) is 74.6 Å². The largest absolute Gasteiger partial charge is 0.497 e. The van der Waals surface area contributed by atoms with Gasteiger partial charge in [-0.2, -0.15) is 0 Å². The molecule has 2 aliphatic heterocycles. The van der Waals surface area contributed by atoms with Crippen molar-refractivity contribution in [2.45, 2.75) is 25.7 Å². The van der Waals surface area contributed by atoms with E-state index in [-0.39, 0.29) is 0 Å². The van der Waals surface area contributed by atoms with Gasteiger partial charge in [-0.25, -0.2) is 9.97 Å². The first kappa shape index (κ1) is 21.2. The van der Waals surface area contributed by atoms with Crippen LogP contribution in [0.25, 0.3) is 22.0 Å². The first-order valence-electron chi connectivity index (χ1n) is 11.8. The highest BCUT2D eigenvalue weighted by Crippen LogP contribution is 2.35. The van der Waals surface area contributed by atoms with Crippen LogP contribution >= 0.6 is 0 Å². The van der Waals surface area contributed by atoms with Crippen LogP contribution in [0.4, 0.5) is 5.69 Å². The molecule has 0 saturated carbocycles. The number of likely N-dealkylation sites (tertiary alicyclic amines) is 1. The number of aromatic nitrogens is 2. The number of anilines is 1. The van der Waals surface area contributed by atoms with Gasteiger partial charge >= 0.3 is 0 Å². The molecular weight excluding hydrogens is 400 g/mol. The second kappa shape index (κ2) is 9.84. The molecule has 1 aromatic heterocycles. The summed E-state index contributed by atoms with van der Waals surface area (Å²) in [7, 11) is 1.72. The number of fused-ring (bicyclic) bond motifs is 1. The lowest BCUT2D eigenvalue weighted by Crippen LogP contribution is -2.36. The molecule has 0 bridgehead atoms. The van der Waals surface area contributed by atoms with Crippen LogP contribution in [-0.4, -0.2) is 67.9 Å². The molecule has 5 rings (SSSR count). The van der Waals surface area contributed by atoms with Crippen LogP contribution in [0, 0.1) is 0 Å². The van der Waals surface area contributed by atoms with Crippen molar-refractivity contribution in [3.05, 3.63) is 48.4 Å². The average molecular weight is 433 g/mol. The van der Waals surface area contributed by atoms with Crippen molar-refractivity contribution in [2.24, 2.45) is 0 Å². The van der Waals surface area contributed by atoms with E-state index in [4.69, 9.17) is 14.5 Å². The summed E-state index contributed by atoms with van der Waals surface area (Å²) in [5.41, 5.74) is 3.34. The molecule has 3 heterocycles. The summed E-state index contributed by atoms with van der Waals surface area (Å²) in [5, 5.41) is 2.40. The minimum atomic E-state index is 0.754. The molecule has 0 atom stereocenters. The smallest absolute Gasteiger partial charge is 0.128 e. The third kappa shape index (κ3) is 4.71. The molecule has 168 valence electrons. The van der Waals surface area contributed by atoms with Gasteiger partial charge in [0.25, 0.3) is 0 Å². The number of methoxy groups -OCH3 is 1. The molecule has 2 aliphatic rings. The lowest BCUT2D eigenvalue weighted by Gasteiger charge is -2.30. The number of benzene rings is 2. The van der Waals surface area contributed by atoms with Crippen molar-refractivity contribution in [3.63, 3.8) is 0 Å². The highest BCUT2D eigenvalue weighted by molar-refractivity contribution is 5.98. The summed E-state index contributed by atoms with van der Waals surface area (Å²) >= 11 is 0. The van der Waals surface area contributed by atoms with E-state index in [1.165, 1.54) is 42.4 Å². The number of ether oxygens (including phenoxy) is 2. The maximum atomic E-state index is 5.59.